The Balaban J connectivity index is 2.13. The molecule has 0 aliphatic carbocycles. The van der Waals surface area contributed by atoms with Gasteiger partial charge in [0.1, 0.15) is 16.7 Å². The smallest absolute Gasteiger partial charge is 0.316 e. The molecule has 0 aromatic carbocycles. The van der Waals surface area contributed by atoms with Gasteiger partial charge in [-0.05, 0) is 19.1 Å². The summed E-state index contributed by atoms with van der Waals surface area (Å²) in [4.78, 5) is 25.0. The number of rotatable bonds is 5. The summed E-state index contributed by atoms with van der Waals surface area (Å²) in [5, 5.41) is 15.8. The number of aromatic nitrogens is 3. The Bertz CT molecular complexity index is 623. The number of furan rings is 1. The lowest BCUT2D eigenvalue weighted by Gasteiger charge is -2.04. The Morgan fingerprint density at radius 1 is 1.58 bits per heavy atom. The molecule has 0 fully saturated rings. The lowest BCUT2D eigenvalue weighted by atomic mass is 10.3. The summed E-state index contributed by atoms with van der Waals surface area (Å²) in [6.45, 7) is 1.50. The number of nitrogens with zero attached hydrogens (tertiary/aromatic N) is 2. The molecule has 0 spiro atoms. The van der Waals surface area contributed by atoms with Crippen LogP contribution < -0.4 is 5.56 Å². The quantitative estimate of drug-likeness (QED) is 0.784. The summed E-state index contributed by atoms with van der Waals surface area (Å²) in [5.74, 6) is -0.369. The van der Waals surface area contributed by atoms with Gasteiger partial charge in [-0.15, -0.1) is 10.2 Å². The van der Waals surface area contributed by atoms with Gasteiger partial charge < -0.3 is 9.52 Å². The van der Waals surface area contributed by atoms with Crippen molar-refractivity contribution in [3.63, 3.8) is 0 Å². The zero-order valence-electron chi connectivity index (χ0n) is 9.99. The first-order valence-electron chi connectivity index (χ1n) is 5.44. The van der Waals surface area contributed by atoms with Gasteiger partial charge in [0.2, 0.25) is 0 Å². The van der Waals surface area contributed by atoms with Crippen molar-refractivity contribution in [2.75, 3.05) is 0 Å². The van der Waals surface area contributed by atoms with Gasteiger partial charge in [-0.25, -0.2) is 0 Å². The molecule has 0 bridgehead atoms. The number of hydrogen-bond donors (Lipinski definition) is 2. The number of carbonyl (C=O) groups is 1. The number of nitrogens with one attached hydrogen (secondary N) is 1. The molecule has 1 unspecified atom stereocenters. The van der Waals surface area contributed by atoms with Crippen LogP contribution in [0, 0.1) is 0 Å². The number of thioether (sulfide) groups is 1. The minimum Gasteiger partial charge on any atom is -0.480 e. The minimum atomic E-state index is -0.979. The maximum Gasteiger partial charge on any atom is 0.316 e. The van der Waals surface area contributed by atoms with E-state index in [0.29, 0.717) is 5.76 Å². The number of H-pyrrole nitrogens is 1. The van der Waals surface area contributed by atoms with Gasteiger partial charge in [0, 0.05) is 0 Å². The second-order valence-electron chi connectivity index (χ2n) is 3.76. The summed E-state index contributed by atoms with van der Waals surface area (Å²) in [5.41, 5.74) is -0.172. The SMILES string of the molecule is CC(Sc1nnc(Cc2ccco2)c(=O)[nH]1)C(=O)O. The van der Waals surface area contributed by atoms with Crippen molar-refractivity contribution in [2.45, 2.75) is 23.8 Å². The highest BCUT2D eigenvalue weighted by Gasteiger charge is 2.15. The highest BCUT2D eigenvalue weighted by molar-refractivity contribution is 8.00. The molecule has 1 atom stereocenters. The number of aromatic amines is 1. The molecular weight excluding hydrogens is 270 g/mol. The standard InChI is InChI=1S/C11H11N3O4S/c1-6(10(16)17)19-11-12-9(15)8(13-14-11)5-7-3-2-4-18-7/h2-4,6H,5H2,1H3,(H,16,17)(H,12,14,15). The molecule has 100 valence electrons. The van der Waals surface area contributed by atoms with Crippen molar-refractivity contribution in [2.24, 2.45) is 0 Å². The highest BCUT2D eigenvalue weighted by atomic mass is 32.2. The largest absolute Gasteiger partial charge is 0.480 e. The third kappa shape index (κ3) is 3.44. The van der Waals surface area contributed by atoms with Gasteiger partial charge >= 0.3 is 5.97 Å². The molecule has 0 saturated heterocycles. The molecule has 0 aliphatic rings. The third-order valence-corrected chi connectivity index (χ3v) is 3.26. The van der Waals surface area contributed by atoms with Crippen LogP contribution in [0.15, 0.2) is 32.8 Å². The van der Waals surface area contributed by atoms with Crippen molar-refractivity contribution in [3.8, 4) is 0 Å². The Morgan fingerprint density at radius 2 is 2.37 bits per heavy atom. The Labute approximate surface area is 112 Å². The maximum absolute atomic E-state index is 11.8. The van der Waals surface area contributed by atoms with Crippen LogP contribution in [-0.2, 0) is 11.2 Å². The van der Waals surface area contributed by atoms with E-state index in [0.717, 1.165) is 11.8 Å². The molecule has 2 aromatic rings. The van der Waals surface area contributed by atoms with Crippen LogP contribution in [0.5, 0.6) is 0 Å². The number of aliphatic carboxylic acids is 1. The first-order chi connectivity index (χ1) is 9.06. The van der Waals surface area contributed by atoms with E-state index in [9.17, 15) is 9.59 Å². The van der Waals surface area contributed by atoms with Crippen LogP contribution >= 0.6 is 11.8 Å². The topological polar surface area (TPSA) is 109 Å². The van der Waals surface area contributed by atoms with E-state index in [4.69, 9.17) is 9.52 Å². The van der Waals surface area contributed by atoms with Gasteiger partial charge in [-0.3, -0.25) is 14.6 Å². The van der Waals surface area contributed by atoms with Crippen molar-refractivity contribution in [1.29, 1.82) is 0 Å². The van der Waals surface area contributed by atoms with Crippen LogP contribution in [0.1, 0.15) is 18.4 Å². The van der Waals surface area contributed by atoms with Crippen LogP contribution in [0.4, 0.5) is 0 Å². The summed E-state index contributed by atoms with van der Waals surface area (Å²) >= 11 is 0.930. The predicted octanol–water partition coefficient (Wildman–Crippen LogP) is 0.914. The average molecular weight is 281 g/mol. The van der Waals surface area contributed by atoms with E-state index in [1.54, 1.807) is 12.1 Å². The Morgan fingerprint density at radius 3 is 2.95 bits per heavy atom. The molecule has 0 radical (unpaired) electrons. The minimum absolute atomic E-state index is 0.183. The third-order valence-electron chi connectivity index (χ3n) is 2.30. The van der Waals surface area contributed by atoms with Crippen LogP contribution in [0.2, 0.25) is 0 Å². The second kappa shape index (κ2) is 5.70. The fourth-order valence-electron chi connectivity index (χ4n) is 1.31. The van der Waals surface area contributed by atoms with E-state index >= 15 is 0 Å². The van der Waals surface area contributed by atoms with E-state index in [-0.39, 0.29) is 17.3 Å². The van der Waals surface area contributed by atoms with Crippen LogP contribution in [0.3, 0.4) is 0 Å². The molecule has 7 nitrogen and oxygen atoms in total. The maximum atomic E-state index is 11.8. The monoisotopic (exact) mass is 281 g/mol. The summed E-state index contributed by atoms with van der Waals surface area (Å²) in [6.07, 6.45) is 1.75. The predicted molar refractivity (Wildman–Crippen MR) is 67.1 cm³/mol. The normalized spacial score (nSPS) is 12.3. The molecule has 19 heavy (non-hydrogen) atoms. The Kier molecular flexibility index (Phi) is 4.00. The molecular formula is C11H11N3O4S. The van der Waals surface area contributed by atoms with Crippen molar-refractivity contribution < 1.29 is 14.3 Å². The number of carboxylic acid groups (broad SMARTS) is 1. The van der Waals surface area contributed by atoms with Crippen molar-refractivity contribution in [1.82, 2.24) is 15.2 Å². The van der Waals surface area contributed by atoms with Crippen LogP contribution in [-0.4, -0.2) is 31.5 Å². The summed E-state index contributed by atoms with van der Waals surface area (Å²) < 4.78 is 5.12. The van der Waals surface area contributed by atoms with Crippen LogP contribution in [0.25, 0.3) is 0 Å². The van der Waals surface area contributed by atoms with Gasteiger partial charge in [-0.1, -0.05) is 11.8 Å². The molecule has 0 aliphatic heterocycles. The molecule has 0 amide bonds. The first-order valence-corrected chi connectivity index (χ1v) is 6.32. The van der Waals surface area contributed by atoms with E-state index in [2.05, 4.69) is 15.2 Å². The van der Waals surface area contributed by atoms with Crippen molar-refractivity contribution in [3.05, 3.63) is 40.2 Å². The first kappa shape index (κ1) is 13.3. The lowest BCUT2D eigenvalue weighted by Crippen LogP contribution is -2.19. The van der Waals surface area contributed by atoms with E-state index < -0.39 is 16.8 Å². The number of carboxylic acids is 1. The fraction of sp³-hybridized carbons (Fsp3) is 0.273. The molecule has 2 heterocycles. The highest BCUT2D eigenvalue weighted by Crippen LogP contribution is 2.17. The van der Waals surface area contributed by atoms with E-state index in [1.165, 1.54) is 13.2 Å². The van der Waals surface area contributed by atoms with Gasteiger partial charge in [0.15, 0.2) is 5.16 Å². The number of hydrogen-bond acceptors (Lipinski definition) is 6. The zero-order chi connectivity index (χ0) is 13.8. The van der Waals surface area contributed by atoms with Crippen molar-refractivity contribution >= 4 is 17.7 Å². The average Bonchev–Trinajstić information content (AvgIpc) is 2.85. The van der Waals surface area contributed by atoms with Gasteiger partial charge in [0.05, 0.1) is 12.7 Å². The summed E-state index contributed by atoms with van der Waals surface area (Å²) in [7, 11) is 0. The molecule has 0 saturated carbocycles. The molecule has 2 rings (SSSR count). The Hall–Kier alpha value is -2.09. The molecule has 2 N–H and O–H groups in total. The van der Waals surface area contributed by atoms with Gasteiger partial charge in [-0.2, -0.15) is 0 Å². The second-order valence-corrected chi connectivity index (χ2v) is 5.09. The zero-order valence-corrected chi connectivity index (χ0v) is 10.8. The van der Waals surface area contributed by atoms with Gasteiger partial charge in [0.25, 0.3) is 5.56 Å². The molecule has 2 aromatic heterocycles. The summed E-state index contributed by atoms with van der Waals surface area (Å²) in [6, 6.07) is 3.45. The lowest BCUT2D eigenvalue weighted by molar-refractivity contribution is -0.136. The van der Waals surface area contributed by atoms with E-state index in [1.807, 2.05) is 0 Å². The molecule has 8 heteroatoms. The fourth-order valence-corrected chi connectivity index (χ4v) is 1.99.